The van der Waals surface area contributed by atoms with Crippen molar-refractivity contribution in [2.45, 2.75) is 19.9 Å². The molecule has 1 amide bonds. The number of amides is 1. The first-order valence-electron chi connectivity index (χ1n) is 10.1. The van der Waals surface area contributed by atoms with Crippen molar-refractivity contribution in [2.75, 3.05) is 26.7 Å². The van der Waals surface area contributed by atoms with Crippen LogP contribution >= 0.6 is 0 Å². The van der Waals surface area contributed by atoms with E-state index in [0.717, 1.165) is 36.4 Å². The molecule has 3 heterocycles. The average Bonchev–Trinajstić information content (AvgIpc) is 3.32. The highest BCUT2D eigenvalue weighted by molar-refractivity contribution is 6.05. The quantitative estimate of drug-likeness (QED) is 0.666. The molecule has 0 spiro atoms. The Morgan fingerprint density at radius 3 is 2.68 bits per heavy atom. The number of carbonyl (C=O) groups excluding carboxylic acids is 1. The molecular formula is C24H26N2O2. The molecule has 0 radical (unpaired) electrons. The molecule has 4 heteroatoms. The molecule has 0 aliphatic carbocycles. The van der Waals surface area contributed by atoms with Gasteiger partial charge < -0.3 is 9.32 Å². The number of hydrogen-bond acceptors (Lipinski definition) is 3. The van der Waals surface area contributed by atoms with Crippen LogP contribution in [0.4, 0.5) is 0 Å². The normalized spacial score (nSPS) is 24.8. The summed E-state index contributed by atoms with van der Waals surface area (Å²) < 4.78 is 5.84. The number of fused-ring (bicyclic) bond motifs is 2. The highest BCUT2D eigenvalue weighted by atomic mass is 16.3. The van der Waals surface area contributed by atoms with Crippen LogP contribution in [0, 0.1) is 25.7 Å². The van der Waals surface area contributed by atoms with Gasteiger partial charge in [-0.1, -0.05) is 36.4 Å². The highest BCUT2D eigenvalue weighted by Crippen LogP contribution is 2.45. The second-order valence-electron chi connectivity index (χ2n) is 8.46. The third kappa shape index (κ3) is 2.67. The summed E-state index contributed by atoms with van der Waals surface area (Å²) in [7, 11) is 2.22. The van der Waals surface area contributed by atoms with Crippen molar-refractivity contribution in [3.63, 3.8) is 0 Å². The zero-order valence-electron chi connectivity index (χ0n) is 16.7. The number of hydrogen-bond donors (Lipinski definition) is 0. The second-order valence-corrected chi connectivity index (χ2v) is 8.46. The summed E-state index contributed by atoms with van der Waals surface area (Å²) in [5.74, 6) is 1.94. The van der Waals surface area contributed by atoms with Gasteiger partial charge in [0.15, 0.2) is 0 Å². The maximum absolute atomic E-state index is 13.3. The van der Waals surface area contributed by atoms with Crippen molar-refractivity contribution < 1.29 is 9.21 Å². The van der Waals surface area contributed by atoms with Gasteiger partial charge in [0, 0.05) is 37.0 Å². The molecule has 0 unspecified atom stereocenters. The van der Waals surface area contributed by atoms with Gasteiger partial charge in [-0.25, -0.2) is 0 Å². The molecule has 0 N–H and O–H groups in total. The van der Waals surface area contributed by atoms with Gasteiger partial charge in [-0.05, 0) is 50.1 Å². The SMILES string of the molecule is Cc1cc2cccc(C(=O)N3C[C@@H]4CN(C)[C@@H](c5ccccc5C)[C@@H]4C3)c2o1. The predicted molar refractivity (Wildman–Crippen MR) is 110 cm³/mol. The maximum atomic E-state index is 13.3. The van der Waals surface area contributed by atoms with Crippen LogP contribution in [-0.2, 0) is 0 Å². The summed E-state index contributed by atoms with van der Waals surface area (Å²) in [6.07, 6.45) is 0. The van der Waals surface area contributed by atoms with Gasteiger partial charge in [-0.15, -0.1) is 0 Å². The van der Waals surface area contributed by atoms with Gasteiger partial charge >= 0.3 is 0 Å². The Labute approximate surface area is 165 Å². The minimum absolute atomic E-state index is 0.0977. The van der Waals surface area contributed by atoms with Gasteiger partial charge in [0.1, 0.15) is 11.3 Å². The lowest BCUT2D eigenvalue weighted by Crippen LogP contribution is -2.33. The Morgan fingerprint density at radius 1 is 1.04 bits per heavy atom. The molecule has 3 atom stereocenters. The van der Waals surface area contributed by atoms with E-state index in [9.17, 15) is 4.79 Å². The number of likely N-dealkylation sites (tertiary alicyclic amines) is 2. The zero-order chi connectivity index (χ0) is 19.4. The Kier molecular flexibility index (Phi) is 4.06. The Balaban J connectivity index is 1.44. The monoisotopic (exact) mass is 374 g/mol. The van der Waals surface area contributed by atoms with Crippen LogP contribution in [0.1, 0.15) is 33.3 Å². The van der Waals surface area contributed by atoms with Crippen LogP contribution < -0.4 is 0 Å². The number of benzene rings is 2. The molecule has 0 bridgehead atoms. The highest BCUT2D eigenvalue weighted by Gasteiger charge is 2.47. The molecule has 2 aliphatic rings. The molecule has 1 aromatic heterocycles. The van der Waals surface area contributed by atoms with Gasteiger partial charge in [0.2, 0.25) is 0 Å². The molecule has 2 aliphatic heterocycles. The van der Waals surface area contributed by atoms with E-state index in [1.54, 1.807) is 0 Å². The summed E-state index contributed by atoms with van der Waals surface area (Å²) in [6, 6.07) is 16.9. The molecule has 144 valence electrons. The summed E-state index contributed by atoms with van der Waals surface area (Å²) in [5.41, 5.74) is 4.14. The van der Waals surface area contributed by atoms with Crippen LogP contribution in [0.3, 0.4) is 0 Å². The third-order valence-corrected chi connectivity index (χ3v) is 6.59. The molecule has 2 aromatic carbocycles. The Bertz CT molecular complexity index is 1050. The minimum Gasteiger partial charge on any atom is -0.461 e. The fraction of sp³-hybridized carbons (Fsp3) is 0.375. The van der Waals surface area contributed by atoms with Crippen LogP contribution in [0.15, 0.2) is 52.9 Å². The minimum atomic E-state index is 0.0977. The first kappa shape index (κ1) is 17.5. The first-order valence-corrected chi connectivity index (χ1v) is 10.1. The van der Waals surface area contributed by atoms with Gasteiger partial charge in [0.05, 0.1) is 5.56 Å². The van der Waals surface area contributed by atoms with Crippen molar-refractivity contribution in [3.8, 4) is 0 Å². The number of nitrogens with zero attached hydrogens (tertiary/aromatic N) is 2. The van der Waals surface area contributed by atoms with Crippen LogP contribution in [0.5, 0.6) is 0 Å². The van der Waals surface area contributed by atoms with Crippen LogP contribution in [0.2, 0.25) is 0 Å². The van der Waals surface area contributed by atoms with E-state index in [1.807, 2.05) is 36.1 Å². The number of carbonyl (C=O) groups is 1. The van der Waals surface area contributed by atoms with E-state index in [-0.39, 0.29) is 5.91 Å². The van der Waals surface area contributed by atoms with Crippen molar-refractivity contribution in [1.82, 2.24) is 9.80 Å². The van der Waals surface area contributed by atoms with Crippen LogP contribution in [-0.4, -0.2) is 42.4 Å². The first-order chi connectivity index (χ1) is 13.5. The van der Waals surface area contributed by atoms with Crippen molar-refractivity contribution in [1.29, 1.82) is 0 Å². The number of para-hydroxylation sites is 1. The van der Waals surface area contributed by atoms with E-state index >= 15 is 0 Å². The molecule has 2 saturated heterocycles. The average molecular weight is 374 g/mol. The predicted octanol–water partition coefficient (Wildman–Crippen LogP) is 4.42. The molecule has 4 nitrogen and oxygen atoms in total. The summed E-state index contributed by atoms with van der Waals surface area (Å²) in [6.45, 7) is 6.79. The summed E-state index contributed by atoms with van der Waals surface area (Å²) in [5, 5.41) is 1.00. The lowest BCUT2D eigenvalue weighted by atomic mass is 9.88. The van der Waals surface area contributed by atoms with Crippen molar-refractivity contribution >= 4 is 16.9 Å². The molecular weight excluding hydrogens is 348 g/mol. The van der Waals surface area contributed by atoms with Crippen molar-refractivity contribution in [3.05, 3.63) is 71.0 Å². The topological polar surface area (TPSA) is 36.7 Å². The fourth-order valence-electron chi connectivity index (χ4n) is 5.34. The van der Waals surface area contributed by atoms with Gasteiger partial charge in [0.25, 0.3) is 5.91 Å². The van der Waals surface area contributed by atoms with E-state index < -0.39 is 0 Å². The largest absolute Gasteiger partial charge is 0.461 e. The van der Waals surface area contributed by atoms with Crippen LogP contribution in [0.25, 0.3) is 11.0 Å². The number of furan rings is 1. The standard InChI is InChI=1S/C24H26N2O2/c1-15-7-4-5-9-19(15)22-21-14-26(13-18(21)12-25(22)3)24(27)20-10-6-8-17-11-16(2)28-23(17)20/h4-11,18,21-22H,12-14H2,1-3H3/t18-,21+,22-/m0/s1. The number of aryl methyl sites for hydroxylation is 2. The fourth-order valence-corrected chi connectivity index (χ4v) is 5.34. The Hall–Kier alpha value is -2.59. The molecule has 2 fully saturated rings. The summed E-state index contributed by atoms with van der Waals surface area (Å²) in [4.78, 5) is 17.9. The molecule has 28 heavy (non-hydrogen) atoms. The number of rotatable bonds is 2. The van der Waals surface area contributed by atoms with E-state index in [0.29, 0.717) is 23.4 Å². The zero-order valence-corrected chi connectivity index (χ0v) is 16.7. The molecule has 3 aromatic rings. The summed E-state index contributed by atoms with van der Waals surface area (Å²) >= 11 is 0. The van der Waals surface area contributed by atoms with E-state index in [2.05, 4.69) is 43.1 Å². The third-order valence-electron chi connectivity index (χ3n) is 6.59. The lowest BCUT2D eigenvalue weighted by molar-refractivity contribution is 0.0768. The molecule has 0 saturated carbocycles. The lowest BCUT2D eigenvalue weighted by Gasteiger charge is -2.28. The van der Waals surface area contributed by atoms with E-state index in [1.165, 1.54) is 11.1 Å². The van der Waals surface area contributed by atoms with Gasteiger partial charge in [-0.3, -0.25) is 9.69 Å². The van der Waals surface area contributed by atoms with Crippen molar-refractivity contribution in [2.24, 2.45) is 11.8 Å². The van der Waals surface area contributed by atoms with E-state index in [4.69, 9.17) is 4.42 Å². The maximum Gasteiger partial charge on any atom is 0.257 e. The molecule has 5 rings (SSSR count). The smallest absolute Gasteiger partial charge is 0.257 e. The Morgan fingerprint density at radius 2 is 1.86 bits per heavy atom. The second kappa shape index (κ2) is 6.49. The van der Waals surface area contributed by atoms with Gasteiger partial charge in [-0.2, -0.15) is 0 Å².